The highest BCUT2D eigenvalue weighted by Crippen LogP contribution is 2.34. The van der Waals surface area contributed by atoms with Crippen LogP contribution in [-0.2, 0) is 6.42 Å². The quantitative estimate of drug-likeness (QED) is 0.677. The van der Waals surface area contributed by atoms with Gasteiger partial charge in [-0.3, -0.25) is 4.79 Å². The van der Waals surface area contributed by atoms with Crippen molar-refractivity contribution in [3.63, 3.8) is 0 Å². The Labute approximate surface area is 144 Å². The Morgan fingerprint density at radius 3 is 2.92 bits per heavy atom. The van der Waals surface area contributed by atoms with Crippen molar-refractivity contribution in [2.24, 2.45) is 0 Å². The van der Waals surface area contributed by atoms with Crippen LogP contribution in [0.25, 0.3) is 6.08 Å². The number of benzene rings is 2. The summed E-state index contributed by atoms with van der Waals surface area (Å²) in [7, 11) is 1.46. The van der Waals surface area contributed by atoms with Crippen LogP contribution >= 0.6 is 0 Å². The normalized spacial score (nSPS) is 14.8. The van der Waals surface area contributed by atoms with Gasteiger partial charge in [0, 0.05) is 11.1 Å². The van der Waals surface area contributed by atoms with Crippen molar-refractivity contribution in [3.8, 4) is 17.2 Å². The molecule has 25 heavy (non-hydrogen) atoms. The zero-order valence-electron chi connectivity index (χ0n) is 13.7. The summed E-state index contributed by atoms with van der Waals surface area (Å²) in [4.78, 5) is 12.6. The smallest absolute Gasteiger partial charge is 0.196 e. The lowest BCUT2D eigenvalue weighted by molar-refractivity contribution is 0.0998. The van der Waals surface area contributed by atoms with E-state index in [9.17, 15) is 14.3 Å². The minimum Gasteiger partial charge on any atom is -0.504 e. The third-order valence-electron chi connectivity index (χ3n) is 3.98. The van der Waals surface area contributed by atoms with Crippen LogP contribution < -0.4 is 9.47 Å². The molecular weight excluding hydrogens is 323 g/mol. The SMILES string of the molecule is C=CCc1cc(/C=C2/COc3c(F)cccc3C2=O)cc(OC)c1O. The molecule has 0 aromatic heterocycles. The van der Waals surface area contributed by atoms with Gasteiger partial charge >= 0.3 is 0 Å². The number of Topliss-reactive ketones (excluding diaryl/α,β-unsaturated/α-hetero) is 1. The Hall–Kier alpha value is -3.08. The number of carbonyl (C=O) groups is 1. The molecule has 1 heterocycles. The van der Waals surface area contributed by atoms with Crippen molar-refractivity contribution in [1.29, 1.82) is 0 Å². The van der Waals surface area contributed by atoms with Crippen LogP contribution in [0, 0.1) is 5.82 Å². The monoisotopic (exact) mass is 340 g/mol. The van der Waals surface area contributed by atoms with Crippen LogP contribution in [0.1, 0.15) is 21.5 Å². The van der Waals surface area contributed by atoms with Gasteiger partial charge in [0.2, 0.25) is 0 Å². The Kier molecular flexibility index (Phi) is 4.57. The first kappa shape index (κ1) is 16.8. The van der Waals surface area contributed by atoms with Gasteiger partial charge in [0.1, 0.15) is 6.61 Å². The van der Waals surface area contributed by atoms with Crippen LogP contribution in [-0.4, -0.2) is 24.6 Å². The van der Waals surface area contributed by atoms with E-state index in [1.54, 1.807) is 24.3 Å². The largest absolute Gasteiger partial charge is 0.504 e. The number of hydrogen-bond donors (Lipinski definition) is 1. The molecule has 0 radical (unpaired) electrons. The van der Waals surface area contributed by atoms with E-state index in [0.717, 1.165) is 0 Å². The summed E-state index contributed by atoms with van der Waals surface area (Å²) >= 11 is 0. The maximum Gasteiger partial charge on any atom is 0.196 e. The summed E-state index contributed by atoms with van der Waals surface area (Å²) in [5, 5.41) is 10.1. The van der Waals surface area contributed by atoms with Gasteiger partial charge in [-0.15, -0.1) is 6.58 Å². The summed E-state index contributed by atoms with van der Waals surface area (Å²) in [6.45, 7) is 3.65. The second-order valence-corrected chi connectivity index (χ2v) is 5.63. The fraction of sp³-hybridized carbons (Fsp3) is 0.150. The molecule has 1 N–H and O–H groups in total. The number of phenolic OH excluding ortho intramolecular Hbond substituents is 1. The Morgan fingerprint density at radius 1 is 1.40 bits per heavy atom. The van der Waals surface area contributed by atoms with E-state index < -0.39 is 5.82 Å². The summed E-state index contributed by atoms with van der Waals surface area (Å²) in [5.41, 5.74) is 1.92. The molecule has 1 aliphatic rings. The second kappa shape index (κ2) is 6.81. The van der Waals surface area contributed by atoms with Gasteiger partial charge in [0.15, 0.2) is 28.8 Å². The number of allylic oxidation sites excluding steroid dienone is 1. The van der Waals surface area contributed by atoms with Crippen molar-refractivity contribution in [1.82, 2.24) is 0 Å². The van der Waals surface area contributed by atoms with Gasteiger partial charge in [0.25, 0.3) is 0 Å². The topological polar surface area (TPSA) is 55.8 Å². The number of ether oxygens (including phenoxy) is 2. The lowest BCUT2D eigenvalue weighted by atomic mass is 9.97. The lowest BCUT2D eigenvalue weighted by Gasteiger charge is -2.19. The number of methoxy groups -OCH3 is 1. The number of fused-ring (bicyclic) bond motifs is 1. The molecule has 0 spiro atoms. The zero-order chi connectivity index (χ0) is 18.0. The molecule has 2 aromatic rings. The van der Waals surface area contributed by atoms with E-state index in [1.807, 2.05) is 0 Å². The molecule has 3 rings (SSSR count). The van der Waals surface area contributed by atoms with Crippen LogP contribution in [0.15, 0.2) is 48.6 Å². The Morgan fingerprint density at radius 2 is 2.20 bits per heavy atom. The van der Waals surface area contributed by atoms with Crippen molar-refractivity contribution < 1.29 is 23.8 Å². The molecule has 128 valence electrons. The number of aromatic hydroxyl groups is 1. The highest BCUT2D eigenvalue weighted by Gasteiger charge is 2.25. The van der Waals surface area contributed by atoms with E-state index in [4.69, 9.17) is 9.47 Å². The lowest BCUT2D eigenvalue weighted by Crippen LogP contribution is -2.20. The van der Waals surface area contributed by atoms with E-state index in [1.165, 1.54) is 25.3 Å². The van der Waals surface area contributed by atoms with Crippen LogP contribution in [0.3, 0.4) is 0 Å². The number of carbonyl (C=O) groups excluding carboxylic acids is 1. The van der Waals surface area contributed by atoms with Gasteiger partial charge in [-0.05, 0) is 42.3 Å². The number of para-hydroxylation sites is 1. The molecule has 0 aliphatic carbocycles. The first-order valence-corrected chi connectivity index (χ1v) is 7.72. The number of hydrogen-bond acceptors (Lipinski definition) is 4. The zero-order valence-corrected chi connectivity index (χ0v) is 13.7. The summed E-state index contributed by atoms with van der Waals surface area (Å²) < 4.78 is 24.3. The molecule has 0 fully saturated rings. The molecule has 0 atom stereocenters. The number of rotatable bonds is 4. The fourth-order valence-electron chi connectivity index (χ4n) is 2.77. The average Bonchev–Trinajstić information content (AvgIpc) is 2.60. The molecule has 0 bridgehead atoms. The molecule has 4 nitrogen and oxygen atoms in total. The summed E-state index contributed by atoms with van der Waals surface area (Å²) in [6, 6.07) is 7.65. The molecule has 0 saturated heterocycles. The first-order valence-electron chi connectivity index (χ1n) is 7.72. The highest BCUT2D eigenvalue weighted by atomic mass is 19.1. The van der Waals surface area contributed by atoms with E-state index in [2.05, 4.69) is 6.58 Å². The highest BCUT2D eigenvalue weighted by molar-refractivity contribution is 6.14. The number of ketones is 1. The van der Waals surface area contributed by atoms with Crippen LogP contribution in [0.4, 0.5) is 4.39 Å². The predicted molar refractivity (Wildman–Crippen MR) is 92.8 cm³/mol. The fourth-order valence-corrected chi connectivity index (χ4v) is 2.77. The third-order valence-corrected chi connectivity index (χ3v) is 3.98. The standard InChI is InChI=1S/C20H17FO4/c1-3-5-13-8-12(10-17(24-2)19(13)23)9-14-11-25-20-15(18(14)22)6-4-7-16(20)21/h3-4,6-10,23H,1,5,11H2,2H3/b14-9-. The summed E-state index contributed by atoms with van der Waals surface area (Å²) in [5.74, 6) is -0.493. The molecule has 0 unspecified atom stereocenters. The van der Waals surface area contributed by atoms with E-state index in [0.29, 0.717) is 28.9 Å². The van der Waals surface area contributed by atoms with Gasteiger partial charge in [-0.2, -0.15) is 0 Å². The summed E-state index contributed by atoms with van der Waals surface area (Å²) in [6.07, 6.45) is 3.78. The average molecular weight is 340 g/mol. The maximum absolute atomic E-state index is 13.7. The molecular formula is C20H17FO4. The van der Waals surface area contributed by atoms with Gasteiger partial charge < -0.3 is 14.6 Å². The Balaban J connectivity index is 2.02. The van der Waals surface area contributed by atoms with Gasteiger partial charge in [-0.1, -0.05) is 12.1 Å². The Bertz CT molecular complexity index is 884. The molecule has 0 saturated carbocycles. The van der Waals surface area contributed by atoms with E-state index >= 15 is 0 Å². The van der Waals surface area contributed by atoms with Gasteiger partial charge in [-0.25, -0.2) is 4.39 Å². The van der Waals surface area contributed by atoms with Crippen molar-refractivity contribution in [3.05, 3.63) is 71.1 Å². The van der Waals surface area contributed by atoms with Crippen LogP contribution in [0.5, 0.6) is 17.2 Å². The molecule has 0 amide bonds. The van der Waals surface area contributed by atoms with Crippen molar-refractivity contribution in [2.75, 3.05) is 13.7 Å². The molecule has 2 aromatic carbocycles. The molecule has 5 heteroatoms. The number of phenols is 1. The minimum absolute atomic E-state index is 0.0136. The van der Waals surface area contributed by atoms with Crippen molar-refractivity contribution >= 4 is 11.9 Å². The second-order valence-electron chi connectivity index (χ2n) is 5.63. The predicted octanol–water partition coefficient (Wildman–Crippen LogP) is 3.93. The van der Waals surface area contributed by atoms with Crippen molar-refractivity contribution in [2.45, 2.75) is 6.42 Å². The van der Waals surface area contributed by atoms with Crippen LogP contribution in [0.2, 0.25) is 0 Å². The maximum atomic E-state index is 13.7. The molecule has 1 aliphatic heterocycles. The number of halogens is 1. The van der Waals surface area contributed by atoms with E-state index in [-0.39, 0.29) is 29.5 Å². The minimum atomic E-state index is -0.551. The van der Waals surface area contributed by atoms with Gasteiger partial charge in [0.05, 0.1) is 12.7 Å². The third kappa shape index (κ3) is 3.13. The first-order chi connectivity index (χ1) is 12.0.